The first-order valence-electron chi connectivity index (χ1n) is 11.5. The maximum Gasteiger partial charge on any atom is 0.389 e. The van der Waals surface area contributed by atoms with Crippen LogP contribution in [0, 0.1) is 11.3 Å². The zero-order valence-corrected chi connectivity index (χ0v) is 19.3. The van der Waals surface area contributed by atoms with E-state index in [1.54, 1.807) is 6.07 Å². The molecule has 7 heteroatoms. The van der Waals surface area contributed by atoms with Crippen molar-refractivity contribution in [2.75, 3.05) is 6.61 Å². The number of carbonyl (C=O) groups excluding carboxylic acids is 1. The average molecular weight is 469 g/mol. The summed E-state index contributed by atoms with van der Waals surface area (Å²) in [6.07, 6.45) is -3.27. The molecule has 1 aliphatic carbocycles. The van der Waals surface area contributed by atoms with Crippen molar-refractivity contribution in [1.82, 2.24) is 5.32 Å². The zero-order valence-electron chi connectivity index (χ0n) is 19.3. The Labute approximate surface area is 197 Å². The number of alkyl halides is 3. The van der Waals surface area contributed by atoms with Crippen molar-refractivity contribution in [3.05, 3.63) is 70.3 Å². The third-order valence-electron chi connectivity index (χ3n) is 6.67. The van der Waals surface area contributed by atoms with E-state index in [0.717, 1.165) is 27.8 Å². The van der Waals surface area contributed by atoms with E-state index in [1.165, 1.54) is 0 Å². The van der Waals surface area contributed by atoms with Crippen molar-refractivity contribution >= 4 is 11.5 Å². The summed E-state index contributed by atoms with van der Waals surface area (Å²) in [7, 11) is 0. The summed E-state index contributed by atoms with van der Waals surface area (Å²) in [4.78, 5) is 13.1. The van der Waals surface area contributed by atoms with Crippen LogP contribution < -0.4 is 10.1 Å². The molecule has 4 rings (SSSR count). The Bertz CT molecular complexity index is 1180. The molecule has 2 aromatic rings. The topological polar surface area (TPSA) is 62.1 Å². The van der Waals surface area contributed by atoms with Gasteiger partial charge in [-0.05, 0) is 65.1 Å². The third kappa shape index (κ3) is 4.68. The van der Waals surface area contributed by atoms with Crippen LogP contribution in [0.25, 0.3) is 5.57 Å². The van der Waals surface area contributed by atoms with Gasteiger partial charge in [0, 0.05) is 12.8 Å². The molecule has 1 amide bonds. The highest BCUT2D eigenvalue weighted by Gasteiger charge is 2.45. The van der Waals surface area contributed by atoms with E-state index >= 15 is 0 Å². The van der Waals surface area contributed by atoms with Crippen LogP contribution >= 0.6 is 0 Å². The fourth-order valence-corrected chi connectivity index (χ4v) is 5.07. The van der Waals surface area contributed by atoms with Crippen molar-refractivity contribution in [2.24, 2.45) is 0 Å². The fourth-order valence-electron chi connectivity index (χ4n) is 5.07. The molecule has 34 heavy (non-hydrogen) atoms. The molecule has 1 atom stereocenters. The number of rotatable bonds is 6. The normalized spacial score (nSPS) is 19.9. The molecule has 1 heterocycles. The average Bonchev–Trinajstić information content (AvgIpc) is 3.12. The Balaban J connectivity index is 1.62. The molecule has 178 valence electrons. The van der Waals surface area contributed by atoms with Crippen molar-refractivity contribution in [3.8, 4) is 11.8 Å². The molecular formula is C27H27F3N2O2. The molecule has 0 radical (unpaired) electrons. The quantitative estimate of drug-likeness (QED) is 0.516. The molecule has 1 aliphatic heterocycles. The molecule has 2 aromatic carbocycles. The summed E-state index contributed by atoms with van der Waals surface area (Å²) in [6.45, 7) is 4.17. The molecular weight excluding hydrogens is 441 g/mol. The first kappa shape index (κ1) is 23.9. The number of nitrogens with one attached hydrogen (secondary N) is 1. The van der Waals surface area contributed by atoms with Gasteiger partial charge in [-0.15, -0.1) is 0 Å². The number of ether oxygens (including phenoxy) is 1. The molecule has 1 unspecified atom stereocenters. The molecule has 0 bridgehead atoms. The van der Waals surface area contributed by atoms with Gasteiger partial charge in [-0.25, -0.2) is 0 Å². The van der Waals surface area contributed by atoms with Crippen molar-refractivity contribution in [1.29, 1.82) is 5.26 Å². The first-order chi connectivity index (χ1) is 16.1. The van der Waals surface area contributed by atoms with Crippen LogP contribution in [0.3, 0.4) is 0 Å². The second kappa shape index (κ2) is 9.17. The maximum absolute atomic E-state index is 13.1. The lowest BCUT2D eigenvalue weighted by Gasteiger charge is -2.37. The Morgan fingerprint density at radius 3 is 2.68 bits per heavy atom. The molecule has 0 aromatic heterocycles. The van der Waals surface area contributed by atoms with Gasteiger partial charge in [-0.2, -0.15) is 18.4 Å². The number of benzene rings is 2. The van der Waals surface area contributed by atoms with E-state index in [1.807, 2.05) is 36.4 Å². The van der Waals surface area contributed by atoms with Gasteiger partial charge in [0.15, 0.2) is 0 Å². The minimum absolute atomic E-state index is 0.00935. The summed E-state index contributed by atoms with van der Waals surface area (Å²) < 4.78 is 42.6. The van der Waals surface area contributed by atoms with Crippen molar-refractivity contribution in [2.45, 2.75) is 63.6 Å². The number of halogens is 3. The lowest BCUT2D eigenvalue weighted by Crippen LogP contribution is -2.48. The summed E-state index contributed by atoms with van der Waals surface area (Å²) in [5.41, 5.74) is 4.29. The van der Waals surface area contributed by atoms with E-state index in [4.69, 9.17) is 4.74 Å². The number of amides is 1. The minimum atomic E-state index is -4.19. The summed E-state index contributed by atoms with van der Waals surface area (Å²) >= 11 is 0. The van der Waals surface area contributed by atoms with E-state index in [0.29, 0.717) is 25.0 Å². The molecule has 1 spiro atoms. The number of carbonyl (C=O) groups is 1. The van der Waals surface area contributed by atoms with Gasteiger partial charge in [0.2, 0.25) is 0 Å². The van der Waals surface area contributed by atoms with Crippen molar-refractivity contribution < 1.29 is 22.7 Å². The van der Waals surface area contributed by atoms with Crippen LogP contribution in [-0.2, 0) is 16.8 Å². The van der Waals surface area contributed by atoms with Gasteiger partial charge in [0.25, 0.3) is 5.91 Å². The van der Waals surface area contributed by atoms with Gasteiger partial charge in [0.05, 0.1) is 12.1 Å². The highest BCUT2D eigenvalue weighted by Crippen LogP contribution is 2.48. The van der Waals surface area contributed by atoms with Crippen molar-refractivity contribution in [3.63, 3.8) is 0 Å². The highest BCUT2D eigenvalue weighted by atomic mass is 19.4. The SMILES string of the molecule is CC(C)c1ccccc1C1=C(C#N)C(=O)NC2(CCc3cc(OCCCC(F)(F)F)ccc32)C1. The summed E-state index contributed by atoms with van der Waals surface area (Å²) in [5, 5.41) is 12.9. The maximum atomic E-state index is 13.1. The molecule has 1 N–H and O–H groups in total. The molecule has 4 nitrogen and oxygen atoms in total. The Morgan fingerprint density at radius 2 is 1.97 bits per heavy atom. The Morgan fingerprint density at radius 1 is 1.21 bits per heavy atom. The smallest absolute Gasteiger partial charge is 0.389 e. The molecule has 2 aliphatic rings. The minimum Gasteiger partial charge on any atom is -0.494 e. The number of hydrogen-bond acceptors (Lipinski definition) is 3. The summed E-state index contributed by atoms with van der Waals surface area (Å²) in [5.74, 6) is 0.388. The first-order valence-corrected chi connectivity index (χ1v) is 11.5. The van der Waals surface area contributed by atoms with E-state index in [9.17, 15) is 23.2 Å². The Kier molecular flexibility index (Phi) is 6.44. The van der Waals surface area contributed by atoms with Crippen LogP contribution in [0.5, 0.6) is 5.75 Å². The standard InChI is InChI=1S/C27H27F3N2O2/c1-17(2)20-6-3-4-7-21(20)22-15-26(32-25(33)23(22)16-31)12-10-18-14-19(8-9-24(18)26)34-13-5-11-27(28,29)30/h3-4,6-9,14,17H,5,10-13,15H2,1-2H3,(H,32,33). The number of fused-ring (bicyclic) bond motifs is 2. The van der Waals surface area contributed by atoms with Gasteiger partial charge >= 0.3 is 6.18 Å². The van der Waals surface area contributed by atoms with Crippen LogP contribution in [0.4, 0.5) is 13.2 Å². The van der Waals surface area contributed by atoms with Gasteiger partial charge < -0.3 is 10.1 Å². The van der Waals surface area contributed by atoms with Gasteiger partial charge in [0.1, 0.15) is 17.4 Å². The largest absolute Gasteiger partial charge is 0.494 e. The third-order valence-corrected chi connectivity index (χ3v) is 6.67. The van der Waals surface area contributed by atoms with Crippen LogP contribution in [0.15, 0.2) is 48.0 Å². The molecule has 0 saturated carbocycles. The van der Waals surface area contributed by atoms with E-state index in [-0.39, 0.29) is 30.4 Å². The number of nitriles is 1. The lowest BCUT2D eigenvalue weighted by molar-refractivity contribution is -0.136. The van der Waals surface area contributed by atoms with E-state index < -0.39 is 18.1 Å². The zero-order chi connectivity index (χ0) is 24.5. The lowest BCUT2D eigenvalue weighted by atomic mass is 9.76. The second-order valence-corrected chi connectivity index (χ2v) is 9.31. The number of aryl methyl sites for hydroxylation is 1. The van der Waals surface area contributed by atoms with Gasteiger partial charge in [-0.1, -0.05) is 44.2 Å². The monoisotopic (exact) mass is 468 g/mol. The van der Waals surface area contributed by atoms with Crippen LogP contribution in [-0.4, -0.2) is 18.7 Å². The van der Waals surface area contributed by atoms with Crippen LogP contribution in [0.1, 0.15) is 67.7 Å². The predicted molar refractivity (Wildman–Crippen MR) is 123 cm³/mol. The predicted octanol–water partition coefficient (Wildman–Crippen LogP) is 6.17. The molecule has 0 saturated heterocycles. The Hall–Kier alpha value is -3.27. The second-order valence-electron chi connectivity index (χ2n) is 9.31. The van der Waals surface area contributed by atoms with Crippen LogP contribution in [0.2, 0.25) is 0 Å². The van der Waals surface area contributed by atoms with E-state index in [2.05, 4.69) is 25.2 Å². The van der Waals surface area contributed by atoms with Gasteiger partial charge in [-0.3, -0.25) is 4.79 Å². The fraction of sp³-hybridized carbons (Fsp3) is 0.407. The number of hydrogen-bond donors (Lipinski definition) is 1. The molecule has 0 fully saturated rings. The number of nitrogens with zero attached hydrogens (tertiary/aromatic N) is 1. The summed E-state index contributed by atoms with van der Waals surface area (Å²) in [6, 6.07) is 15.5. The highest BCUT2D eigenvalue weighted by molar-refractivity contribution is 6.07.